The second kappa shape index (κ2) is 4.26. The lowest BCUT2D eigenvalue weighted by molar-refractivity contribution is 0.450. The van der Waals surface area contributed by atoms with Gasteiger partial charge in [-0.25, -0.2) is 0 Å². The van der Waals surface area contributed by atoms with E-state index in [1.54, 1.807) is 0 Å². The molecular weight excluding hydrogens is 228 g/mol. The summed E-state index contributed by atoms with van der Waals surface area (Å²) in [6, 6.07) is 6.29. The third-order valence-corrected chi connectivity index (χ3v) is 3.20. The van der Waals surface area contributed by atoms with Crippen LogP contribution in [0.4, 0.5) is 0 Å². The van der Waals surface area contributed by atoms with E-state index in [2.05, 4.69) is 0 Å². The van der Waals surface area contributed by atoms with Crippen LogP contribution in [-0.4, -0.2) is 15.3 Å². The molecule has 0 unspecified atom stereocenters. The first kappa shape index (κ1) is 12.3. The molecule has 0 radical (unpaired) electrons. The van der Waals surface area contributed by atoms with Gasteiger partial charge in [-0.3, -0.25) is 0 Å². The Morgan fingerprint density at radius 2 is 1.28 bits per heavy atom. The van der Waals surface area contributed by atoms with E-state index in [0.717, 1.165) is 16.7 Å². The van der Waals surface area contributed by atoms with Crippen molar-refractivity contribution in [1.82, 2.24) is 0 Å². The van der Waals surface area contributed by atoms with Crippen LogP contribution in [0.2, 0.25) is 0 Å². The summed E-state index contributed by atoms with van der Waals surface area (Å²) in [4.78, 5) is 0. The Kier molecular flexibility index (Phi) is 2.91. The molecule has 2 aromatic carbocycles. The van der Waals surface area contributed by atoms with E-state index in [1.165, 1.54) is 18.2 Å². The highest BCUT2D eigenvalue weighted by Gasteiger charge is 2.13. The summed E-state index contributed by atoms with van der Waals surface area (Å²) in [5.41, 5.74) is 3.96. The Labute approximate surface area is 106 Å². The minimum Gasteiger partial charge on any atom is -0.508 e. The van der Waals surface area contributed by atoms with E-state index < -0.39 is 0 Å². The summed E-state index contributed by atoms with van der Waals surface area (Å²) in [6.07, 6.45) is 0. The predicted molar refractivity (Wildman–Crippen MR) is 71.1 cm³/mol. The highest BCUT2D eigenvalue weighted by atomic mass is 16.3. The number of hydrogen-bond acceptors (Lipinski definition) is 3. The van der Waals surface area contributed by atoms with Gasteiger partial charge in [0.1, 0.15) is 17.2 Å². The molecule has 0 amide bonds. The van der Waals surface area contributed by atoms with Crippen molar-refractivity contribution in [1.29, 1.82) is 0 Å². The molecule has 0 bridgehead atoms. The molecule has 3 N–H and O–H groups in total. The highest BCUT2D eigenvalue weighted by Crippen LogP contribution is 2.39. The molecule has 2 rings (SSSR count). The van der Waals surface area contributed by atoms with Gasteiger partial charge in [-0.05, 0) is 55.2 Å². The molecule has 0 fully saturated rings. The van der Waals surface area contributed by atoms with Crippen LogP contribution in [0.5, 0.6) is 17.2 Å². The lowest BCUT2D eigenvalue weighted by Gasteiger charge is -2.14. The summed E-state index contributed by atoms with van der Waals surface area (Å²) in [7, 11) is 0. The van der Waals surface area contributed by atoms with Crippen molar-refractivity contribution in [2.24, 2.45) is 0 Å². The van der Waals surface area contributed by atoms with Crippen LogP contribution >= 0.6 is 0 Å². The minimum absolute atomic E-state index is 0.0259. The Balaban J connectivity index is 2.75. The molecule has 0 aliphatic rings. The number of aryl methyl sites for hydroxylation is 2. The molecule has 0 saturated heterocycles. The molecule has 0 aliphatic carbocycles. The third-order valence-electron chi connectivity index (χ3n) is 3.20. The third kappa shape index (κ3) is 1.99. The topological polar surface area (TPSA) is 60.7 Å². The number of phenolic OH excluding ortho intramolecular Hbond substituents is 3. The van der Waals surface area contributed by atoms with E-state index in [9.17, 15) is 15.3 Å². The lowest BCUT2D eigenvalue weighted by Crippen LogP contribution is -1.91. The number of aromatic hydroxyl groups is 3. The average molecular weight is 244 g/mol. The second-order valence-corrected chi connectivity index (χ2v) is 4.60. The number of benzene rings is 2. The average Bonchev–Trinajstić information content (AvgIpc) is 2.24. The van der Waals surface area contributed by atoms with Crippen molar-refractivity contribution in [2.75, 3.05) is 0 Å². The maximum Gasteiger partial charge on any atom is 0.126 e. The molecule has 0 heterocycles. The molecule has 94 valence electrons. The van der Waals surface area contributed by atoms with Gasteiger partial charge in [-0.2, -0.15) is 0 Å². The molecule has 0 aliphatic heterocycles. The van der Waals surface area contributed by atoms with E-state index >= 15 is 0 Å². The standard InChI is InChI=1S/C15H16O3/c1-8-4-9(2)14(15(18)10(8)3)11-5-12(16)7-13(17)6-11/h4-7,16-18H,1-3H3. The first-order valence-corrected chi connectivity index (χ1v) is 5.73. The van der Waals surface area contributed by atoms with Gasteiger partial charge in [0.15, 0.2) is 0 Å². The monoisotopic (exact) mass is 244 g/mol. The molecule has 0 aromatic heterocycles. The van der Waals surface area contributed by atoms with Crippen molar-refractivity contribution >= 4 is 0 Å². The zero-order valence-electron chi connectivity index (χ0n) is 10.7. The van der Waals surface area contributed by atoms with Crippen LogP contribution in [0.1, 0.15) is 16.7 Å². The van der Waals surface area contributed by atoms with E-state index in [-0.39, 0.29) is 17.2 Å². The van der Waals surface area contributed by atoms with E-state index in [1.807, 2.05) is 26.8 Å². The summed E-state index contributed by atoms with van der Waals surface area (Å²) >= 11 is 0. The van der Waals surface area contributed by atoms with Crippen molar-refractivity contribution in [3.05, 3.63) is 41.0 Å². The highest BCUT2D eigenvalue weighted by molar-refractivity contribution is 5.77. The normalized spacial score (nSPS) is 10.6. The van der Waals surface area contributed by atoms with Gasteiger partial charge in [0.2, 0.25) is 0 Å². The SMILES string of the molecule is Cc1cc(C)c(-c2cc(O)cc(O)c2)c(O)c1C. The summed E-state index contributed by atoms with van der Waals surface area (Å²) in [5.74, 6) is 0.140. The van der Waals surface area contributed by atoms with Crippen LogP contribution in [0.25, 0.3) is 11.1 Å². The molecule has 0 spiro atoms. The number of hydrogen-bond donors (Lipinski definition) is 3. The van der Waals surface area contributed by atoms with Crippen LogP contribution in [0.3, 0.4) is 0 Å². The van der Waals surface area contributed by atoms with Crippen LogP contribution in [0, 0.1) is 20.8 Å². The zero-order chi connectivity index (χ0) is 13.4. The summed E-state index contributed by atoms with van der Waals surface area (Å²) < 4.78 is 0. The van der Waals surface area contributed by atoms with Crippen molar-refractivity contribution in [2.45, 2.75) is 20.8 Å². The predicted octanol–water partition coefficient (Wildman–Crippen LogP) is 3.40. The number of rotatable bonds is 1. The van der Waals surface area contributed by atoms with Crippen LogP contribution < -0.4 is 0 Å². The first-order valence-electron chi connectivity index (χ1n) is 5.73. The molecule has 0 saturated carbocycles. The largest absolute Gasteiger partial charge is 0.508 e. The lowest BCUT2D eigenvalue weighted by atomic mass is 9.94. The van der Waals surface area contributed by atoms with Crippen LogP contribution in [-0.2, 0) is 0 Å². The van der Waals surface area contributed by atoms with Crippen molar-refractivity contribution < 1.29 is 15.3 Å². The maximum atomic E-state index is 10.2. The molecule has 2 aromatic rings. The summed E-state index contributed by atoms with van der Waals surface area (Å²) in [6.45, 7) is 5.67. The fourth-order valence-electron chi connectivity index (χ4n) is 2.17. The molecule has 3 heteroatoms. The molecule has 18 heavy (non-hydrogen) atoms. The maximum absolute atomic E-state index is 10.2. The minimum atomic E-state index is -0.0259. The smallest absolute Gasteiger partial charge is 0.126 e. The van der Waals surface area contributed by atoms with E-state index in [4.69, 9.17) is 0 Å². The fourth-order valence-corrected chi connectivity index (χ4v) is 2.17. The van der Waals surface area contributed by atoms with Gasteiger partial charge in [-0.1, -0.05) is 6.07 Å². The van der Waals surface area contributed by atoms with Gasteiger partial charge < -0.3 is 15.3 Å². The van der Waals surface area contributed by atoms with Gasteiger partial charge in [0, 0.05) is 11.6 Å². The molecule has 3 nitrogen and oxygen atoms in total. The zero-order valence-corrected chi connectivity index (χ0v) is 10.7. The van der Waals surface area contributed by atoms with Crippen molar-refractivity contribution in [3.8, 4) is 28.4 Å². The number of phenols is 3. The fraction of sp³-hybridized carbons (Fsp3) is 0.200. The van der Waals surface area contributed by atoms with Gasteiger partial charge in [0.25, 0.3) is 0 Å². The Bertz CT molecular complexity index is 595. The second-order valence-electron chi connectivity index (χ2n) is 4.60. The first-order chi connectivity index (χ1) is 8.40. The Morgan fingerprint density at radius 1 is 0.722 bits per heavy atom. The van der Waals surface area contributed by atoms with Crippen molar-refractivity contribution in [3.63, 3.8) is 0 Å². The quantitative estimate of drug-likeness (QED) is 0.720. The van der Waals surface area contributed by atoms with Crippen LogP contribution in [0.15, 0.2) is 24.3 Å². The molecule has 0 atom stereocenters. The van der Waals surface area contributed by atoms with Gasteiger partial charge >= 0.3 is 0 Å². The van der Waals surface area contributed by atoms with E-state index in [0.29, 0.717) is 11.1 Å². The Hall–Kier alpha value is -2.16. The van der Waals surface area contributed by atoms with Gasteiger partial charge in [0.05, 0.1) is 0 Å². The Morgan fingerprint density at radius 3 is 1.83 bits per heavy atom. The molecular formula is C15H16O3. The summed E-state index contributed by atoms with van der Waals surface area (Å²) in [5, 5.41) is 29.3. The van der Waals surface area contributed by atoms with Gasteiger partial charge in [-0.15, -0.1) is 0 Å².